The van der Waals surface area contributed by atoms with Crippen molar-refractivity contribution in [2.75, 3.05) is 13.1 Å². The Hall–Kier alpha value is -1.62. The molecule has 0 aromatic heterocycles. The van der Waals surface area contributed by atoms with E-state index >= 15 is 0 Å². The molecule has 2 rings (SSSR count). The molecule has 0 radical (unpaired) electrons. The maximum atomic E-state index is 12.6. The summed E-state index contributed by atoms with van der Waals surface area (Å²) in [6.07, 6.45) is 0. The van der Waals surface area contributed by atoms with Gasteiger partial charge in [0.15, 0.2) is 0 Å². The fourth-order valence-corrected chi connectivity index (χ4v) is 4.25. The van der Waals surface area contributed by atoms with E-state index in [4.69, 9.17) is 22.0 Å². The predicted molar refractivity (Wildman–Crippen MR) is 75.2 cm³/mol. The van der Waals surface area contributed by atoms with Crippen molar-refractivity contribution in [2.24, 2.45) is 11.8 Å². The Kier molecular flexibility index (Phi) is 4.23. The monoisotopic (exact) mass is 328 g/mol. The normalized spacial score (nSPS) is 22.9. The van der Waals surface area contributed by atoms with Gasteiger partial charge in [0.25, 0.3) is 0 Å². The van der Waals surface area contributed by atoms with Crippen molar-refractivity contribution in [3.8, 4) is 6.07 Å². The third-order valence-corrected chi connectivity index (χ3v) is 5.70. The highest BCUT2D eigenvalue weighted by Gasteiger charge is 2.41. The third-order valence-electron chi connectivity index (χ3n) is 3.58. The minimum Gasteiger partial charge on any atom is -0.481 e. The van der Waals surface area contributed by atoms with Gasteiger partial charge < -0.3 is 5.11 Å². The highest BCUT2D eigenvalue weighted by atomic mass is 35.5. The molecule has 21 heavy (non-hydrogen) atoms. The van der Waals surface area contributed by atoms with E-state index in [-0.39, 0.29) is 34.5 Å². The van der Waals surface area contributed by atoms with E-state index in [1.807, 2.05) is 0 Å². The maximum absolute atomic E-state index is 12.6. The first-order valence-electron chi connectivity index (χ1n) is 6.20. The van der Waals surface area contributed by atoms with Gasteiger partial charge in [0.2, 0.25) is 10.0 Å². The topological polar surface area (TPSA) is 98.5 Å². The van der Waals surface area contributed by atoms with E-state index in [0.29, 0.717) is 0 Å². The van der Waals surface area contributed by atoms with Gasteiger partial charge in [0.1, 0.15) is 11.0 Å². The lowest BCUT2D eigenvalue weighted by Gasteiger charge is -2.17. The molecule has 1 saturated heterocycles. The number of sulfonamides is 1. The quantitative estimate of drug-likeness (QED) is 0.907. The van der Waals surface area contributed by atoms with E-state index in [2.05, 4.69) is 0 Å². The number of carboxylic acids is 1. The zero-order valence-electron chi connectivity index (χ0n) is 11.2. The molecule has 1 fully saturated rings. The summed E-state index contributed by atoms with van der Waals surface area (Å²) in [5.41, 5.74) is -0.0473. The Bertz CT molecular complexity index is 726. The highest BCUT2D eigenvalue weighted by molar-refractivity contribution is 7.89. The van der Waals surface area contributed by atoms with Gasteiger partial charge in [-0.25, -0.2) is 8.42 Å². The number of carbonyl (C=O) groups is 1. The molecule has 0 aliphatic carbocycles. The van der Waals surface area contributed by atoms with E-state index < -0.39 is 21.9 Å². The van der Waals surface area contributed by atoms with Crippen molar-refractivity contribution in [3.05, 3.63) is 28.8 Å². The fraction of sp³-hybridized carbons (Fsp3) is 0.385. The minimum absolute atomic E-state index is 0.0473. The summed E-state index contributed by atoms with van der Waals surface area (Å²) in [4.78, 5) is 11.0. The number of halogens is 1. The van der Waals surface area contributed by atoms with Crippen LogP contribution >= 0.6 is 11.6 Å². The summed E-state index contributed by atoms with van der Waals surface area (Å²) in [5, 5.41) is 18.4. The van der Waals surface area contributed by atoms with Crippen LogP contribution < -0.4 is 0 Å². The Morgan fingerprint density at radius 1 is 1.48 bits per heavy atom. The average Bonchev–Trinajstić information content (AvgIpc) is 2.81. The molecular formula is C13H13ClN2O4S. The Morgan fingerprint density at radius 2 is 2.14 bits per heavy atom. The first-order valence-corrected chi connectivity index (χ1v) is 8.01. The Labute approximate surface area is 127 Å². The van der Waals surface area contributed by atoms with Crippen LogP contribution in [0.1, 0.15) is 12.5 Å². The number of aliphatic carboxylic acids is 1. The van der Waals surface area contributed by atoms with Crippen molar-refractivity contribution in [1.82, 2.24) is 4.31 Å². The molecule has 1 aliphatic rings. The predicted octanol–water partition coefficient (Wildman–Crippen LogP) is 1.55. The first kappa shape index (κ1) is 15.8. The summed E-state index contributed by atoms with van der Waals surface area (Å²) in [5.74, 6) is -2.04. The number of benzene rings is 1. The summed E-state index contributed by atoms with van der Waals surface area (Å²) in [6.45, 7) is 1.72. The largest absolute Gasteiger partial charge is 0.481 e. The molecule has 8 heteroatoms. The lowest BCUT2D eigenvalue weighted by Crippen LogP contribution is -2.30. The molecule has 1 aromatic carbocycles. The number of rotatable bonds is 3. The van der Waals surface area contributed by atoms with Gasteiger partial charge in [0.05, 0.1) is 11.5 Å². The minimum atomic E-state index is -3.91. The molecule has 1 heterocycles. The second-order valence-electron chi connectivity index (χ2n) is 5.00. The highest BCUT2D eigenvalue weighted by Crippen LogP contribution is 2.30. The molecule has 6 nitrogen and oxygen atoms in total. The van der Waals surface area contributed by atoms with E-state index in [1.165, 1.54) is 18.2 Å². The van der Waals surface area contributed by atoms with Crippen LogP contribution in [0.15, 0.2) is 23.1 Å². The third kappa shape index (κ3) is 2.88. The van der Waals surface area contributed by atoms with Crippen LogP contribution in [0.3, 0.4) is 0 Å². The van der Waals surface area contributed by atoms with Crippen LogP contribution in [0.4, 0.5) is 0 Å². The lowest BCUT2D eigenvalue weighted by molar-refractivity contribution is -0.142. The summed E-state index contributed by atoms with van der Waals surface area (Å²) in [6, 6.07) is 5.75. The van der Waals surface area contributed by atoms with Gasteiger partial charge >= 0.3 is 5.97 Å². The Balaban J connectivity index is 2.41. The summed E-state index contributed by atoms with van der Waals surface area (Å²) < 4.78 is 26.3. The molecule has 0 saturated carbocycles. The molecule has 0 amide bonds. The fourth-order valence-electron chi connectivity index (χ4n) is 2.39. The van der Waals surface area contributed by atoms with Crippen LogP contribution in [0.2, 0.25) is 5.02 Å². The van der Waals surface area contributed by atoms with Crippen molar-refractivity contribution in [1.29, 1.82) is 5.26 Å². The number of hydrogen-bond acceptors (Lipinski definition) is 4. The second-order valence-corrected chi connectivity index (χ2v) is 7.34. The van der Waals surface area contributed by atoms with E-state index in [1.54, 1.807) is 13.0 Å². The molecule has 0 bridgehead atoms. The standard InChI is InChI=1S/C13H13ClN2O4S/c1-8-6-16(7-11(8)13(17)18)21(19,20)12-3-2-10(14)4-9(12)5-15/h2-4,8,11H,6-7H2,1H3,(H,17,18)/t8-,11-/m1/s1. The molecule has 112 valence electrons. The zero-order valence-corrected chi connectivity index (χ0v) is 12.7. The van der Waals surface area contributed by atoms with Crippen LogP contribution in [0.25, 0.3) is 0 Å². The zero-order chi connectivity index (χ0) is 15.8. The molecule has 2 atom stereocenters. The SMILES string of the molecule is C[C@@H]1CN(S(=O)(=O)c2ccc(Cl)cc2C#N)C[C@H]1C(=O)O. The van der Waals surface area contributed by atoms with Crippen LogP contribution in [-0.4, -0.2) is 36.9 Å². The molecule has 0 unspecified atom stereocenters. The molecular weight excluding hydrogens is 316 g/mol. The van der Waals surface area contributed by atoms with Crippen molar-refractivity contribution < 1.29 is 18.3 Å². The molecule has 1 N–H and O–H groups in total. The summed E-state index contributed by atoms with van der Waals surface area (Å²) in [7, 11) is -3.91. The van der Waals surface area contributed by atoms with Gasteiger partial charge in [0, 0.05) is 18.1 Å². The van der Waals surface area contributed by atoms with Crippen LogP contribution in [0.5, 0.6) is 0 Å². The number of nitrogens with zero attached hydrogens (tertiary/aromatic N) is 2. The lowest BCUT2D eigenvalue weighted by atomic mass is 9.99. The smallest absolute Gasteiger partial charge is 0.308 e. The molecule has 1 aromatic rings. The van der Waals surface area contributed by atoms with E-state index in [0.717, 1.165) is 4.31 Å². The van der Waals surface area contributed by atoms with Gasteiger partial charge in [-0.2, -0.15) is 9.57 Å². The molecule has 0 spiro atoms. The summed E-state index contributed by atoms with van der Waals surface area (Å²) >= 11 is 5.76. The van der Waals surface area contributed by atoms with Gasteiger partial charge in [-0.05, 0) is 24.1 Å². The van der Waals surface area contributed by atoms with Crippen molar-refractivity contribution in [3.63, 3.8) is 0 Å². The van der Waals surface area contributed by atoms with Gasteiger partial charge in [-0.3, -0.25) is 4.79 Å². The second kappa shape index (κ2) is 5.64. The first-order chi connectivity index (χ1) is 9.77. The molecule has 1 aliphatic heterocycles. The van der Waals surface area contributed by atoms with E-state index in [9.17, 15) is 13.2 Å². The van der Waals surface area contributed by atoms with Crippen molar-refractivity contribution >= 4 is 27.6 Å². The van der Waals surface area contributed by atoms with Crippen molar-refractivity contribution in [2.45, 2.75) is 11.8 Å². The number of hydrogen-bond donors (Lipinski definition) is 1. The van der Waals surface area contributed by atoms with Gasteiger partial charge in [-0.1, -0.05) is 18.5 Å². The number of nitriles is 1. The van der Waals surface area contributed by atoms with Crippen LogP contribution in [-0.2, 0) is 14.8 Å². The maximum Gasteiger partial charge on any atom is 0.308 e. The average molecular weight is 329 g/mol. The number of carboxylic acid groups (broad SMARTS) is 1. The van der Waals surface area contributed by atoms with Crippen LogP contribution in [0, 0.1) is 23.2 Å². The van der Waals surface area contributed by atoms with Gasteiger partial charge in [-0.15, -0.1) is 0 Å². The Morgan fingerprint density at radius 3 is 2.67 bits per heavy atom.